The predicted octanol–water partition coefficient (Wildman–Crippen LogP) is 2.99. The molecule has 0 radical (unpaired) electrons. The molecule has 1 aliphatic rings. The minimum Gasteiger partial charge on any atom is -0.497 e. The average molecular weight is 420 g/mol. The van der Waals surface area contributed by atoms with E-state index in [2.05, 4.69) is 17.2 Å². The van der Waals surface area contributed by atoms with Gasteiger partial charge >= 0.3 is 0 Å². The van der Waals surface area contributed by atoms with E-state index >= 15 is 0 Å². The summed E-state index contributed by atoms with van der Waals surface area (Å²) in [5, 5.41) is 2.85. The molecule has 0 saturated carbocycles. The Bertz CT molecular complexity index is 972. The molecule has 1 aromatic heterocycles. The normalized spacial score (nSPS) is 16.0. The number of H-pyrrole nitrogens is 1. The third-order valence-corrected chi connectivity index (χ3v) is 7.72. The van der Waals surface area contributed by atoms with Gasteiger partial charge in [0.25, 0.3) is 5.91 Å². The number of piperidine rings is 1. The van der Waals surface area contributed by atoms with Gasteiger partial charge in [-0.25, -0.2) is 8.42 Å². The number of aryl methyl sites for hydroxylation is 1. The molecule has 1 saturated heterocycles. The number of hydrogen-bond acceptors (Lipinski definition) is 4. The van der Waals surface area contributed by atoms with E-state index in [1.807, 2.05) is 24.3 Å². The van der Waals surface area contributed by atoms with Gasteiger partial charge < -0.3 is 15.0 Å². The lowest BCUT2D eigenvalue weighted by atomic mass is 10.0. The molecule has 1 aromatic carbocycles. The summed E-state index contributed by atoms with van der Waals surface area (Å²) >= 11 is 0. The predicted molar refractivity (Wildman–Crippen MR) is 112 cm³/mol. The van der Waals surface area contributed by atoms with Crippen LogP contribution in [0, 0.1) is 19.8 Å². The molecule has 0 aliphatic carbocycles. The molecule has 2 N–H and O–H groups in total. The van der Waals surface area contributed by atoms with E-state index in [0.29, 0.717) is 42.5 Å². The van der Waals surface area contributed by atoms with Crippen LogP contribution in [0.2, 0.25) is 0 Å². The Kier molecular flexibility index (Phi) is 6.33. The number of sulfonamides is 1. The topological polar surface area (TPSA) is 91.5 Å². The van der Waals surface area contributed by atoms with Gasteiger partial charge in [-0.05, 0) is 55.9 Å². The molecule has 1 amide bonds. The van der Waals surface area contributed by atoms with Gasteiger partial charge in [-0.3, -0.25) is 4.79 Å². The van der Waals surface area contributed by atoms with Crippen molar-refractivity contribution in [2.45, 2.75) is 45.1 Å². The van der Waals surface area contributed by atoms with Crippen molar-refractivity contribution in [3.63, 3.8) is 0 Å². The largest absolute Gasteiger partial charge is 0.497 e. The smallest absolute Gasteiger partial charge is 0.268 e. The molecule has 158 valence electrons. The molecule has 2 aromatic rings. The van der Waals surface area contributed by atoms with E-state index in [0.717, 1.165) is 24.2 Å². The lowest BCUT2D eigenvalue weighted by Crippen LogP contribution is -2.38. The van der Waals surface area contributed by atoms with Crippen LogP contribution in [0.5, 0.6) is 5.75 Å². The van der Waals surface area contributed by atoms with Crippen molar-refractivity contribution in [3.8, 4) is 5.75 Å². The number of amides is 1. The van der Waals surface area contributed by atoms with E-state index in [-0.39, 0.29) is 10.8 Å². The molecular weight excluding hydrogens is 390 g/mol. The third-order valence-electron chi connectivity index (χ3n) is 5.55. The quantitative estimate of drug-likeness (QED) is 0.753. The summed E-state index contributed by atoms with van der Waals surface area (Å²) in [5.41, 5.74) is 2.18. The Hall–Kier alpha value is -2.32. The van der Waals surface area contributed by atoms with Crippen LogP contribution in [0.1, 0.15) is 47.1 Å². The van der Waals surface area contributed by atoms with Crippen LogP contribution in [-0.4, -0.2) is 43.8 Å². The fraction of sp³-hybridized carbons (Fsp3) is 0.476. The van der Waals surface area contributed by atoms with E-state index in [1.54, 1.807) is 21.0 Å². The number of carbonyl (C=O) groups is 1. The van der Waals surface area contributed by atoms with E-state index < -0.39 is 10.0 Å². The van der Waals surface area contributed by atoms with Crippen LogP contribution in [0.15, 0.2) is 29.2 Å². The molecule has 3 rings (SSSR count). The molecule has 0 spiro atoms. The lowest BCUT2D eigenvalue weighted by Gasteiger charge is -2.29. The average Bonchev–Trinajstić information content (AvgIpc) is 3.01. The lowest BCUT2D eigenvalue weighted by molar-refractivity contribution is 0.0945. The molecule has 8 heteroatoms. The highest BCUT2D eigenvalue weighted by Gasteiger charge is 2.33. The van der Waals surface area contributed by atoms with Crippen LogP contribution in [0.4, 0.5) is 0 Å². The number of nitrogens with one attached hydrogen (secondary N) is 2. The van der Waals surface area contributed by atoms with Crippen molar-refractivity contribution >= 4 is 15.9 Å². The Balaban J connectivity index is 1.76. The third kappa shape index (κ3) is 4.48. The summed E-state index contributed by atoms with van der Waals surface area (Å²) < 4.78 is 33.0. The monoisotopic (exact) mass is 419 g/mol. The molecule has 1 aliphatic heterocycles. The van der Waals surface area contributed by atoms with E-state index in [9.17, 15) is 13.2 Å². The standard InChI is InChI=1S/C21H29N3O4S/c1-14-9-11-24(12-10-14)29(26,27)20-15(2)19(23-16(20)3)21(25)22-13-17-5-7-18(28-4)8-6-17/h5-8,14,23H,9-13H2,1-4H3,(H,22,25). The Morgan fingerprint density at radius 3 is 2.41 bits per heavy atom. The number of benzene rings is 1. The Labute approximate surface area is 172 Å². The van der Waals surface area contributed by atoms with Crippen molar-refractivity contribution in [1.82, 2.24) is 14.6 Å². The summed E-state index contributed by atoms with van der Waals surface area (Å²) in [6, 6.07) is 7.41. The van der Waals surface area contributed by atoms with E-state index in [4.69, 9.17) is 4.74 Å². The molecule has 29 heavy (non-hydrogen) atoms. The zero-order valence-corrected chi connectivity index (χ0v) is 18.2. The minimum atomic E-state index is -3.63. The number of aromatic nitrogens is 1. The number of methoxy groups -OCH3 is 1. The van der Waals surface area contributed by atoms with Gasteiger partial charge in [-0.1, -0.05) is 19.1 Å². The summed E-state index contributed by atoms with van der Waals surface area (Å²) in [4.78, 5) is 15.9. The highest BCUT2D eigenvalue weighted by molar-refractivity contribution is 7.89. The molecule has 2 heterocycles. The fourth-order valence-electron chi connectivity index (χ4n) is 3.72. The molecule has 1 fully saturated rings. The number of ether oxygens (including phenoxy) is 1. The fourth-order valence-corrected chi connectivity index (χ4v) is 5.59. The van der Waals surface area contributed by atoms with Gasteiger partial charge in [0.1, 0.15) is 16.3 Å². The maximum Gasteiger partial charge on any atom is 0.268 e. The first-order chi connectivity index (χ1) is 13.7. The van der Waals surface area contributed by atoms with Crippen LogP contribution in [-0.2, 0) is 16.6 Å². The first-order valence-corrected chi connectivity index (χ1v) is 11.3. The highest BCUT2D eigenvalue weighted by Crippen LogP contribution is 2.29. The Morgan fingerprint density at radius 2 is 1.83 bits per heavy atom. The van der Waals surface area contributed by atoms with Crippen LogP contribution >= 0.6 is 0 Å². The number of nitrogens with zero attached hydrogens (tertiary/aromatic N) is 1. The second-order valence-corrected chi connectivity index (χ2v) is 9.57. The van der Waals surface area contributed by atoms with Gasteiger partial charge in [0.2, 0.25) is 10.0 Å². The summed E-state index contributed by atoms with van der Waals surface area (Å²) in [7, 11) is -2.03. The number of rotatable bonds is 6. The number of aromatic amines is 1. The zero-order valence-electron chi connectivity index (χ0n) is 17.4. The first kappa shape index (κ1) is 21.4. The number of hydrogen-bond donors (Lipinski definition) is 2. The van der Waals surface area contributed by atoms with Crippen molar-refractivity contribution < 1.29 is 17.9 Å². The highest BCUT2D eigenvalue weighted by atomic mass is 32.2. The van der Waals surface area contributed by atoms with Crippen molar-refractivity contribution in [1.29, 1.82) is 0 Å². The summed E-state index contributed by atoms with van der Waals surface area (Å²) in [6.45, 7) is 6.91. The van der Waals surface area contributed by atoms with Gasteiger partial charge in [-0.15, -0.1) is 0 Å². The molecule has 0 bridgehead atoms. The molecule has 7 nitrogen and oxygen atoms in total. The van der Waals surface area contributed by atoms with Crippen LogP contribution in [0.25, 0.3) is 0 Å². The van der Waals surface area contributed by atoms with E-state index in [1.165, 1.54) is 4.31 Å². The molecule has 0 unspecified atom stereocenters. The number of carbonyl (C=O) groups excluding carboxylic acids is 1. The maximum absolute atomic E-state index is 13.2. The first-order valence-electron chi connectivity index (χ1n) is 9.84. The van der Waals surface area contributed by atoms with Crippen molar-refractivity contribution in [3.05, 3.63) is 46.8 Å². The second kappa shape index (κ2) is 8.59. The van der Waals surface area contributed by atoms with Crippen molar-refractivity contribution in [2.75, 3.05) is 20.2 Å². The summed E-state index contributed by atoms with van der Waals surface area (Å²) in [5.74, 6) is 0.960. The zero-order chi connectivity index (χ0) is 21.2. The minimum absolute atomic E-state index is 0.224. The van der Waals surface area contributed by atoms with Crippen LogP contribution in [0.3, 0.4) is 0 Å². The second-order valence-electron chi connectivity index (χ2n) is 7.70. The van der Waals surface area contributed by atoms with Gasteiger partial charge in [0.05, 0.1) is 7.11 Å². The maximum atomic E-state index is 13.2. The summed E-state index contributed by atoms with van der Waals surface area (Å²) in [6.07, 6.45) is 1.72. The SMILES string of the molecule is COc1ccc(CNC(=O)c2[nH]c(C)c(S(=O)(=O)N3CCC(C)CC3)c2C)cc1. The Morgan fingerprint density at radius 1 is 1.21 bits per heavy atom. The van der Waals surface area contributed by atoms with Gasteiger partial charge in [0, 0.05) is 25.3 Å². The van der Waals surface area contributed by atoms with Gasteiger partial charge in [0.15, 0.2) is 0 Å². The van der Waals surface area contributed by atoms with Crippen LogP contribution < -0.4 is 10.1 Å². The van der Waals surface area contributed by atoms with Crippen molar-refractivity contribution in [2.24, 2.45) is 5.92 Å². The van der Waals surface area contributed by atoms with Gasteiger partial charge in [-0.2, -0.15) is 4.31 Å². The molecule has 0 atom stereocenters. The molecular formula is C21H29N3O4S.